The van der Waals surface area contributed by atoms with E-state index in [9.17, 15) is 9.90 Å². The van der Waals surface area contributed by atoms with Crippen LogP contribution >= 0.6 is 11.6 Å². The lowest BCUT2D eigenvalue weighted by Crippen LogP contribution is -2.42. The van der Waals surface area contributed by atoms with E-state index in [0.717, 1.165) is 23.4 Å². The molecule has 2 heterocycles. The Labute approximate surface area is 138 Å². The summed E-state index contributed by atoms with van der Waals surface area (Å²) in [5.41, 5.74) is 0.308. The van der Waals surface area contributed by atoms with E-state index in [1.165, 1.54) is 0 Å². The normalized spacial score (nSPS) is 17.3. The summed E-state index contributed by atoms with van der Waals surface area (Å²) in [4.78, 5) is 14.3. The van der Waals surface area contributed by atoms with E-state index in [0.29, 0.717) is 25.5 Å². The topological polar surface area (TPSA) is 67.8 Å². The third-order valence-corrected chi connectivity index (χ3v) is 4.13. The van der Waals surface area contributed by atoms with Crippen LogP contribution < -0.4 is 5.56 Å². The van der Waals surface area contributed by atoms with Gasteiger partial charge in [0.1, 0.15) is 0 Å². The number of halogens is 1. The number of β-amino-alcohol motifs (C(OH)–C–C–N with tert-alkyl or cyclic N) is 1. The highest BCUT2D eigenvalue weighted by atomic mass is 35.5. The molecule has 1 aliphatic rings. The number of hydrogen-bond donors (Lipinski definition) is 1. The number of benzene rings is 1. The van der Waals surface area contributed by atoms with Gasteiger partial charge >= 0.3 is 5.56 Å². The Balaban J connectivity index is 1.72. The van der Waals surface area contributed by atoms with Crippen molar-refractivity contribution >= 4 is 11.6 Å². The van der Waals surface area contributed by atoms with Crippen LogP contribution in [-0.2, 0) is 11.3 Å². The quantitative estimate of drug-likeness (QED) is 0.894. The smallest absolute Gasteiger partial charge is 0.302 e. The first-order chi connectivity index (χ1) is 11.1. The Bertz CT molecular complexity index is 692. The largest absolute Gasteiger partial charge is 0.390 e. The molecule has 1 aromatic heterocycles. The van der Waals surface area contributed by atoms with Crippen molar-refractivity contribution in [2.75, 3.05) is 32.8 Å². The fraction of sp³-hybridized carbons (Fsp3) is 0.438. The summed E-state index contributed by atoms with van der Waals surface area (Å²) in [7, 11) is 0. The number of ether oxygens (including phenoxy) is 1. The van der Waals surface area contributed by atoms with Gasteiger partial charge in [-0.05, 0) is 0 Å². The Hall–Kier alpha value is -1.60. The van der Waals surface area contributed by atoms with Gasteiger partial charge in [-0.15, -0.1) is 0 Å². The summed E-state index contributed by atoms with van der Waals surface area (Å²) in [5, 5.41) is 10.2. The van der Waals surface area contributed by atoms with Crippen LogP contribution in [0.3, 0.4) is 0 Å². The van der Waals surface area contributed by atoms with Crippen molar-refractivity contribution in [3.63, 3.8) is 0 Å². The van der Waals surface area contributed by atoms with Gasteiger partial charge in [0.2, 0.25) is 0 Å². The Morgan fingerprint density at radius 1 is 1.17 bits per heavy atom. The van der Waals surface area contributed by atoms with Crippen molar-refractivity contribution in [3.8, 4) is 11.3 Å². The number of morpholine rings is 1. The monoisotopic (exact) mass is 338 g/mol. The molecule has 0 bridgehead atoms. The summed E-state index contributed by atoms with van der Waals surface area (Å²) in [6, 6.07) is 9.20. The second kappa shape index (κ2) is 7.31. The molecule has 23 heavy (non-hydrogen) atoms. The van der Waals surface area contributed by atoms with Gasteiger partial charge in [-0.3, -0.25) is 9.69 Å². The van der Waals surface area contributed by atoms with Gasteiger partial charge in [0.15, 0.2) is 10.8 Å². The molecule has 7 heteroatoms. The maximum absolute atomic E-state index is 12.2. The first-order valence-corrected chi connectivity index (χ1v) is 7.96. The molecule has 0 unspecified atom stereocenters. The molecule has 1 aliphatic heterocycles. The SMILES string of the molecule is O=c1c(Cl)c(-c2ccccc2)on1C[C@H](O)CN1CCOCC1. The molecule has 1 N–H and O–H groups in total. The molecule has 0 aliphatic carbocycles. The van der Waals surface area contributed by atoms with Gasteiger partial charge in [0.05, 0.1) is 25.9 Å². The highest BCUT2D eigenvalue weighted by Crippen LogP contribution is 2.25. The lowest BCUT2D eigenvalue weighted by molar-refractivity contribution is 0.00611. The van der Waals surface area contributed by atoms with Gasteiger partial charge in [0, 0.05) is 25.2 Å². The lowest BCUT2D eigenvalue weighted by Gasteiger charge is -2.28. The van der Waals surface area contributed by atoms with Crippen molar-refractivity contribution in [3.05, 3.63) is 45.7 Å². The first kappa shape index (κ1) is 16.3. The van der Waals surface area contributed by atoms with Gasteiger partial charge in [-0.25, -0.2) is 0 Å². The molecular weight excluding hydrogens is 320 g/mol. The van der Waals surface area contributed by atoms with Crippen molar-refractivity contribution in [1.82, 2.24) is 9.64 Å². The molecule has 0 amide bonds. The molecule has 3 rings (SSSR count). The maximum Gasteiger partial charge on any atom is 0.302 e. The first-order valence-electron chi connectivity index (χ1n) is 7.58. The number of aromatic nitrogens is 1. The summed E-state index contributed by atoms with van der Waals surface area (Å²) < 4.78 is 12.0. The minimum Gasteiger partial charge on any atom is -0.390 e. The Morgan fingerprint density at radius 3 is 2.57 bits per heavy atom. The second-order valence-electron chi connectivity index (χ2n) is 5.53. The molecule has 0 spiro atoms. The second-order valence-corrected chi connectivity index (χ2v) is 5.91. The number of rotatable bonds is 5. The van der Waals surface area contributed by atoms with Crippen LogP contribution in [0.1, 0.15) is 0 Å². The predicted octanol–water partition coefficient (Wildman–Crippen LogP) is 1.45. The zero-order chi connectivity index (χ0) is 16.2. The summed E-state index contributed by atoms with van der Waals surface area (Å²) in [6.45, 7) is 3.42. The van der Waals surface area contributed by atoms with E-state index in [1.54, 1.807) is 0 Å². The van der Waals surface area contributed by atoms with Gasteiger partial charge in [-0.2, -0.15) is 4.74 Å². The summed E-state index contributed by atoms with van der Waals surface area (Å²) in [5.74, 6) is 0.329. The van der Waals surface area contributed by atoms with E-state index in [4.69, 9.17) is 20.9 Å². The van der Waals surface area contributed by atoms with E-state index < -0.39 is 11.7 Å². The van der Waals surface area contributed by atoms with E-state index >= 15 is 0 Å². The standard InChI is InChI=1S/C16H19ClN2O4/c17-14-15(12-4-2-1-3-5-12)23-19(16(14)21)11-13(20)10-18-6-8-22-9-7-18/h1-5,13,20H,6-11H2/t13-/m1/s1. The fourth-order valence-corrected chi connectivity index (χ4v) is 2.86. The van der Waals surface area contributed by atoms with Crippen molar-refractivity contribution in [1.29, 1.82) is 0 Å². The molecule has 124 valence electrons. The maximum atomic E-state index is 12.2. The molecule has 1 saturated heterocycles. The van der Waals surface area contributed by atoms with E-state index in [-0.39, 0.29) is 11.6 Å². The molecule has 2 aromatic rings. The van der Waals surface area contributed by atoms with Gasteiger partial charge in [0.25, 0.3) is 0 Å². The van der Waals surface area contributed by atoms with E-state index in [2.05, 4.69) is 4.90 Å². The summed E-state index contributed by atoms with van der Waals surface area (Å²) in [6.07, 6.45) is -0.711. The van der Waals surface area contributed by atoms with Crippen LogP contribution in [0.15, 0.2) is 39.6 Å². The molecular formula is C16H19ClN2O4. The molecule has 0 radical (unpaired) electrons. The number of nitrogens with zero attached hydrogens (tertiary/aromatic N) is 2. The van der Waals surface area contributed by atoms with Crippen LogP contribution in [0.4, 0.5) is 0 Å². The number of hydrogen-bond acceptors (Lipinski definition) is 5. The van der Waals surface area contributed by atoms with Crippen LogP contribution in [0.5, 0.6) is 0 Å². The Kier molecular flexibility index (Phi) is 5.17. The summed E-state index contributed by atoms with van der Waals surface area (Å²) >= 11 is 6.09. The highest BCUT2D eigenvalue weighted by Gasteiger charge is 2.20. The van der Waals surface area contributed by atoms with Crippen molar-refractivity contribution in [2.24, 2.45) is 0 Å². The van der Waals surface area contributed by atoms with Gasteiger partial charge < -0.3 is 14.4 Å². The average molecular weight is 339 g/mol. The third kappa shape index (κ3) is 3.84. The molecule has 1 atom stereocenters. The minimum absolute atomic E-state index is 0.0368. The van der Waals surface area contributed by atoms with Gasteiger partial charge in [-0.1, -0.05) is 41.9 Å². The molecule has 6 nitrogen and oxygen atoms in total. The Morgan fingerprint density at radius 2 is 1.87 bits per heavy atom. The molecule has 1 aromatic carbocycles. The highest BCUT2D eigenvalue weighted by molar-refractivity contribution is 6.32. The average Bonchev–Trinajstić information content (AvgIpc) is 2.85. The predicted molar refractivity (Wildman–Crippen MR) is 86.7 cm³/mol. The van der Waals surface area contributed by atoms with Crippen LogP contribution in [0.25, 0.3) is 11.3 Å². The number of aliphatic hydroxyl groups excluding tert-OH is 1. The van der Waals surface area contributed by atoms with E-state index in [1.807, 2.05) is 30.3 Å². The zero-order valence-electron chi connectivity index (χ0n) is 12.7. The van der Waals surface area contributed by atoms with Crippen LogP contribution in [0, 0.1) is 0 Å². The molecule has 0 saturated carbocycles. The lowest BCUT2D eigenvalue weighted by atomic mass is 10.2. The number of aliphatic hydroxyl groups is 1. The zero-order valence-corrected chi connectivity index (χ0v) is 13.4. The fourth-order valence-electron chi connectivity index (χ4n) is 2.62. The van der Waals surface area contributed by atoms with Crippen molar-refractivity contribution < 1.29 is 14.4 Å². The molecule has 1 fully saturated rings. The van der Waals surface area contributed by atoms with Crippen LogP contribution in [0.2, 0.25) is 5.02 Å². The third-order valence-electron chi connectivity index (χ3n) is 3.80. The minimum atomic E-state index is -0.711. The van der Waals surface area contributed by atoms with Crippen molar-refractivity contribution in [2.45, 2.75) is 12.6 Å². The van der Waals surface area contributed by atoms with Crippen LogP contribution in [-0.4, -0.2) is 53.7 Å².